The van der Waals surface area contributed by atoms with Crippen molar-refractivity contribution in [3.05, 3.63) is 80.6 Å². The van der Waals surface area contributed by atoms with Gasteiger partial charge in [0.05, 0.1) is 7.11 Å². The first-order valence-corrected chi connectivity index (χ1v) is 13.2. The largest absolute Gasteiger partial charge is 0.493 e. The minimum atomic E-state index is -0.335. The van der Waals surface area contributed by atoms with Gasteiger partial charge in [0.2, 0.25) is 0 Å². The van der Waals surface area contributed by atoms with Crippen molar-refractivity contribution in [2.75, 3.05) is 13.7 Å². The third kappa shape index (κ3) is 4.44. The van der Waals surface area contributed by atoms with Crippen LogP contribution in [0.25, 0.3) is 0 Å². The number of allylic oxidation sites excluding steroid dienone is 4. The third-order valence-electron chi connectivity index (χ3n) is 7.23. The van der Waals surface area contributed by atoms with Gasteiger partial charge in [-0.25, -0.2) is 0 Å². The predicted molar refractivity (Wildman–Crippen MR) is 138 cm³/mol. The van der Waals surface area contributed by atoms with Crippen LogP contribution >= 0.6 is 15.9 Å². The first kappa shape index (κ1) is 23.9. The van der Waals surface area contributed by atoms with E-state index in [1.807, 2.05) is 42.5 Å². The molecule has 1 heterocycles. The summed E-state index contributed by atoms with van der Waals surface area (Å²) in [6, 6.07) is 13.8. The Morgan fingerprint density at radius 3 is 2.09 bits per heavy atom. The summed E-state index contributed by atoms with van der Waals surface area (Å²) in [6.45, 7) is 3.30. The van der Waals surface area contributed by atoms with Gasteiger partial charge in [0.25, 0.3) is 0 Å². The van der Waals surface area contributed by atoms with Gasteiger partial charge in [-0.15, -0.1) is 0 Å². The molecule has 2 aromatic carbocycles. The van der Waals surface area contributed by atoms with Crippen LogP contribution in [0.15, 0.2) is 69.5 Å². The molecule has 0 amide bonds. The van der Waals surface area contributed by atoms with Crippen LogP contribution in [0.3, 0.4) is 0 Å². The van der Waals surface area contributed by atoms with Crippen LogP contribution in [0.1, 0.15) is 62.5 Å². The Kier molecular flexibility index (Phi) is 6.83. The van der Waals surface area contributed by atoms with Crippen molar-refractivity contribution in [3.8, 4) is 11.5 Å². The summed E-state index contributed by atoms with van der Waals surface area (Å²) < 4.78 is 12.8. The fraction of sp³-hybridized carbons (Fsp3) is 0.379. The molecule has 0 unspecified atom stereocenters. The fourth-order valence-electron chi connectivity index (χ4n) is 5.66. The zero-order valence-corrected chi connectivity index (χ0v) is 21.8. The first-order chi connectivity index (χ1) is 17.0. The lowest BCUT2D eigenvalue weighted by molar-refractivity contribution is -0.117. The van der Waals surface area contributed by atoms with Crippen molar-refractivity contribution in [2.45, 2.75) is 58.0 Å². The number of hydrogen-bond donors (Lipinski definition) is 0. The summed E-state index contributed by atoms with van der Waals surface area (Å²) in [4.78, 5) is 28.8. The highest BCUT2D eigenvalue weighted by Crippen LogP contribution is 2.49. The summed E-state index contributed by atoms with van der Waals surface area (Å²) in [5, 5.41) is 0. The SMILES string of the molecule is CCN1C2=C(C(=O)CCC2)C(c2ccc(OCc3ccc(Br)cc3)c(OC)c2)C2=C1CCCC2=O. The number of carbonyl (C=O) groups excluding carboxylic acids is 2. The van der Waals surface area contributed by atoms with Crippen LogP contribution in [0.2, 0.25) is 0 Å². The van der Waals surface area contributed by atoms with E-state index in [9.17, 15) is 9.59 Å². The molecule has 0 spiro atoms. The van der Waals surface area contributed by atoms with Crippen molar-refractivity contribution >= 4 is 27.5 Å². The van der Waals surface area contributed by atoms with Gasteiger partial charge in [-0.1, -0.05) is 34.1 Å². The molecular formula is C29H30BrNO4. The number of halogens is 1. The molecule has 2 aliphatic carbocycles. The Labute approximate surface area is 214 Å². The van der Waals surface area contributed by atoms with Gasteiger partial charge < -0.3 is 14.4 Å². The smallest absolute Gasteiger partial charge is 0.161 e. The van der Waals surface area contributed by atoms with Gasteiger partial charge in [0, 0.05) is 52.3 Å². The molecule has 1 aliphatic heterocycles. The number of benzene rings is 2. The molecule has 35 heavy (non-hydrogen) atoms. The number of ketones is 2. The molecular weight excluding hydrogens is 506 g/mol. The second-order valence-electron chi connectivity index (χ2n) is 9.28. The zero-order chi connectivity index (χ0) is 24.5. The van der Waals surface area contributed by atoms with Gasteiger partial charge >= 0.3 is 0 Å². The van der Waals surface area contributed by atoms with Gasteiger partial charge in [-0.3, -0.25) is 9.59 Å². The van der Waals surface area contributed by atoms with E-state index in [0.29, 0.717) is 30.9 Å². The summed E-state index contributed by atoms with van der Waals surface area (Å²) >= 11 is 3.46. The lowest BCUT2D eigenvalue weighted by Gasteiger charge is -2.43. The number of hydrogen-bond acceptors (Lipinski definition) is 5. The van der Waals surface area contributed by atoms with Crippen LogP contribution in [0.5, 0.6) is 11.5 Å². The molecule has 0 radical (unpaired) electrons. The zero-order valence-electron chi connectivity index (χ0n) is 20.2. The Morgan fingerprint density at radius 2 is 1.51 bits per heavy atom. The highest BCUT2D eigenvalue weighted by atomic mass is 79.9. The average molecular weight is 536 g/mol. The molecule has 0 bridgehead atoms. The first-order valence-electron chi connectivity index (χ1n) is 12.4. The van der Waals surface area contributed by atoms with E-state index >= 15 is 0 Å². The number of rotatable bonds is 6. The maximum Gasteiger partial charge on any atom is 0.161 e. The summed E-state index contributed by atoms with van der Waals surface area (Å²) in [7, 11) is 1.62. The summed E-state index contributed by atoms with van der Waals surface area (Å²) in [5.41, 5.74) is 5.79. The molecule has 5 rings (SSSR count). The number of methoxy groups -OCH3 is 1. The van der Waals surface area contributed by atoms with Crippen molar-refractivity contribution < 1.29 is 19.1 Å². The van der Waals surface area contributed by atoms with Crippen molar-refractivity contribution in [3.63, 3.8) is 0 Å². The highest BCUT2D eigenvalue weighted by molar-refractivity contribution is 9.10. The van der Waals surface area contributed by atoms with Crippen molar-refractivity contribution in [2.24, 2.45) is 0 Å². The minimum Gasteiger partial charge on any atom is -0.493 e. The average Bonchev–Trinajstić information content (AvgIpc) is 2.87. The molecule has 182 valence electrons. The van der Waals surface area contributed by atoms with Crippen LogP contribution < -0.4 is 9.47 Å². The maximum absolute atomic E-state index is 13.3. The van der Waals surface area contributed by atoms with E-state index in [4.69, 9.17) is 9.47 Å². The second kappa shape index (κ2) is 10.0. The Hall–Kier alpha value is -2.86. The third-order valence-corrected chi connectivity index (χ3v) is 7.76. The molecule has 0 saturated heterocycles. The Morgan fingerprint density at radius 1 is 0.886 bits per heavy atom. The van der Waals surface area contributed by atoms with E-state index < -0.39 is 0 Å². The van der Waals surface area contributed by atoms with E-state index in [1.165, 1.54) is 0 Å². The number of nitrogens with zero attached hydrogens (tertiary/aromatic N) is 1. The number of carbonyl (C=O) groups is 2. The maximum atomic E-state index is 13.3. The van der Waals surface area contributed by atoms with Crippen LogP contribution in [0, 0.1) is 0 Å². The van der Waals surface area contributed by atoms with E-state index in [-0.39, 0.29) is 17.5 Å². The molecule has 3 aliphatic rings. The Bertz CT molecular complexity index is 1180. The van der Waals surface area contributed by atoms with Crippen LogP contribution in [-0.2, 0) is 16.2 Å². The summed E-state index contributed by atoms with van der Waals surface area (Å²) in [6.07, 6.45) is 4.56. The van der Waals surface area contributed by atoms with E-state index in [0.717, 1.165) is 70.4 Å². The lowest BCUT2D eigenvalue weighted by Crippen LogP contribution is -2.39. The lowest BCUT2D eigenvalue weighted by atomic mass is 9.71. The van der Waals surface area contributed by atoms with Gasteiger partial charge in [0.15, 0.2) is 23.1 Å². The monoisotopic (exact) mass is 535 g/mol. The fourth-order valence-corrected chi connectivity index (χ4v) is 5.92. The molecule has 0 saturated carbocycles. The molecule has 0 aromatic heterocycles. The molecule has 6 heteroatoms. The minimum absolute atomic E-state index is 0.161. The number of ether oxygens (including phenoxy) is 2. The van der Waals surface area contributed by atoms with Gasteiger partial charge in [-0.05, 0) is 68.0 Å². The summed E-state index contributed by atoms with van der Waals surface area (Å²) in [5.74, 6) is 1.23. The number of Topliss-reactive ketones (excluding diaryl/α,β-unsaturated/α-hetero) is 2. The van der Waals surface area contributed by atoms with E-state index in [1.54, 1.807) is 7.11 Å². The normalized spacial score (nSPS) is 18.5. The van der Waals surface area contributed by atoms with Gasteiger partial charge in [0.1, 0.15) is 6.61 Å². The van der Waals surface area contributed by atoms with Crippen molar-refractivity contribution in [1.29, 1.82) is 0 Å². The molecule has 0 N–H and O–H groups in total. The van der Waals surface area contributed by atoms with Crippen molar-refractivity contribution in [1.82, 2.24) is 4.90 Å². The van der Waals surface area contributed by atoms with Crippen LogP contribution in [0.4, 0.5) is 0 Å². The molecule has 0 fully saturated rings. The molecule has 5 nitrogen and oxygen atoms in total. The highest BCUT2D eigenvalue weighted by Gasteiger charge is 2.43. The topological polar surface area (TPSA) is 55.8 Å². The van der Waals surface area contributed by atoms with E-state index in [2.05, 4.69) is 27.8 Å². The van der Waals surface area contributed by atoms with Crippen LogP contribution in [-0.4, -0.2) is 30.1 Å². The second-order valence-corrected chi connectivity index (χ2v) is 10.2. The quantitative estimate of drug-likeness (QED) is 0.424. The predicted octanol–water partition coefficient (Wildman–Crippen LogP) is 6.47. The standard InChI is InChI=1S/C29H30BrNO4/c1-3-31-21-6-4-8-23(32)28(21)27(29-22(31)7-5-9-24(29)33)19-12-15-25(26(16-19)34-2)35-17-18-10-13-20(30)14-11-18/h10-16,27H,3-9,17H2,1-2H3. The molecule has 0 atom stereocenters. The van der Waals surface area contributed by atoms with Gasteiger partial charge in [-0.2, -0.15) is 0 Å². The Balaban J connectivity index is 1.54. The molecule has 2 aromatic rings.